The fourth-order valence-electron chi connectivity index (χ4n) is 0.731. The number of thiophene rings is 1. The topological polar surface area (TPSA) is 26.0 Å². The fraction of sp³-hybridized carbons (Fsp3) is 0. The molecule has 0 fully saturated rings. The third kappa shape index (κ3) is 0.844. The number of aromatic nitrogens is 1. The van der Waals surface area contributed by atoms with Crippen molar-refractivity contribution in [1.29, 1.82) is 0 Å². The van der Waals surface area contributed by atoms with Crippen molar-refractivity contribution in [3.05, 3.63) is 29.3 Å². The minimum absolute atomic E-state index is 0.918. The van der Waals surface area contributed by atoms with E-state index in [1.807, 2.05) is 16.8 Å². The van der Waals surface area contributed by atoms with E-state index in [-0.39, 0.29) is 0 Å². The normalized spacial score (nSPS) is 10.0. The Labute approximate surface area is 62.1 Å². The predicted octanol–water partition coefficient (Wildman–Crippen LogP) is 2.20. The monoisotopic (exact) mass is 150 g/mol. The number of nitrogens with zero attached hydrogens (tertiary/aromatic N) is 1. The molecule has 0 bridgehead atoms. The van der Waals surface area contributed by atoms with Crippen LogP contribution in [0.2, 0.25) is 0 Å². The first kappa shape index (κ1) is 5.68. The summed E-state index contributed by atoms with van der Waals surface area (Å²) in [6.45, 7) is 0. The zero-order chi connectivity index (χ0) is 6.81. The molecule has 2 aromatic rings. The maximum absolute atomic E-state index is 4.64. The lowest BCUT2D eigenvalue weighted by Crippen LogP contribution is -1.63. The molecule has 0 atom stereocenters. The van der Waals surface area contributed by atoms with Gasteiger partial charge in [-0.05, 0) is 22.4 Å². The first-order valence-electron chi connectivity index (χ1n) is 2.81. The highest BCUT2D eigenvalue weighted by atomic mass is 32.1. The average Bonchev–Trinajstić information content (AvgIpc) is 2.59. The minimum Gasteiger partial charge on any atom is -0.363 e. The lowest BCUT2D eigenvalue weighted by Gasteiger charge is -1.81. The van der Waals surface area contributed by atoms with E-state index in [1.165, 1.54) is 0 Å². The van der Waals surface area contributed by atoms with Crippen molar-refractivity contribution in [2.45, 2.75) is 0 Å². The SMILES string of the molecule is [c]1nocc1-c1ccsc1. The molecule has 0 saturated carbocycles. The molecule has 2 nitrogen and oxygen atoms in total. The van der Waals surface area contributed by atoms with Crippen molar-refractivity contribution in [3.63, 3.8) is 0 Å². The van der Waals surface area contributed by atoms with Crippen molar-refractivity contribution in [2.24, 2.45) is 0 Å². The summed E-state index contributed by atoms with van der Waals surface area (Å²) in [5, 5.41) is 7.52. The first-order valence-corrected chi connectivity index (χ1v) is 3.76. The Balaban J connectivity index is 2.48. The maximum Gasteiger partial charge on any atom is 0.144 e. The van der Waals surface area contributed by atoms with Gasteiger partial charge in [0.2, 0.25) is 0 Å². The van der Waals surface area contributed by atoms with Crippen molar-refractivity contribution in [3.8, 4) is 11.1 Å². The summed E-state index contributed by atoms with van der Waals surface area (Å²) in [7, 11) is 0. The molecule has 1 radical (unpaired) electrons. The summed E-state index contributed by atoms with van der Waals surface area (Å²) in [5.74, 6) is 0. The van der Waals surface area contributed by atoms with Crippen LogP contribution in [0.15, 0.2) is 27.6 Å². The van der Waals surface area contributed by atoms with Gasteiger partial charge in [0.1, 0.15) is 12.5 Å². The van der Waals surface area contributed by atoms with Crippen molar-refractivity contribution < 1.29 is 4.52 Å². The Morgan fingerprint density at radius 1 is 1.60 bits per heavy atom. The summed E-state index contributed by atoms with van der Waals surface area (Å²) in [4.78, 5) is 0. The number of hydrogen-bond acceptors (Lipinski definition) is 3. The van der Waals surface area contributed by atoms with Crippen LogP contribution in [0.25, 0.3) is 11.1 Å². The highest BCUT2D eigenvalue weighted by Gasteiger charge is 1.98. The van der Waals surface area contributed by atoms with Gasteiger partial charge in [0.05, 0.1) is 5.56 Å². The van der Waals surface area contributed by atoms with Crippen LogP contribution in [0.4, 0.5) is 0 Å². The maximum atomic E-state index is 4.64. The lowest BCUT2D eigenvalue weighted by atomic mass is 10.2. The molecule has 2 heterocycles. The quantitative estimate of drug-likeness (QED) is 0.622. The molecule has 0 unspecified atom stereocenters. The fourth-order valence-corrected chi connectivity index (χ4v) is 1.39. The molecule has 0 aromatic carbocycles. The highest BCUT2D eigenvalue weighted by molar-refractivity contribution is 7.08. The molecule has 3 heteroatoms. The van der Waals surface area contributed by atoms with Crippen LogP contribution in [0.5, 0.6) is 0 Å². The Kier molecular flexibility index (Phi) is 1.29. The smallest absolute Gasteiger partial charge is 0.144 e. The van der Waals surface area contributed by atoms with Gasteiger partial charge in [-0.2, -0.15) is 11.3 Å². The molecule has 0 aliphatic rings. The lowest BCUT2D eigenvalue weighted by molar-refractivity contribution is 0.418. The first-order chi connectivity index (χ1) is 4.97. The van der Waals surface area contributed by atoms with Crippen molar-refractivity contribution in [1.82, 2.24) is 5.16 Å². The molecule has 49 valence electrons. The summed E-state index contributed by atoms with van der Waals surface area (Å²) >= 11 is 1.65. The van der Waals surface area contributed by atoms with Crippen LogP contribution >= 0.6 is 11.3 Å². The van der Waals surface area contributed by atoms with E-state index in [0.717, 1.165) is 11.1 Å². The number of rotatable bonds is 1. The van der Waals surface area contributed by atoms with Crippen LogP contribution in [-0.4, -0.2) is 5.16 Å². The van der Waals surface area contributed by atoms with E-state index in [2.05, 4.69) is 15.9 Å². The second-order valence-electron chi connectivity index (χ2n) is 1.85. The van der Waals surface area contributed by atoms with Crippen LogP contribution in [0.1, 0.15) is 0 Å². The molecule has 0 N–H and O–H groups in total. The Hall–Kier alpha value is -1.09. The summed E-state index contributed by atoms with van der Waals surface area (Å²) in [5.41, 5.74) is 2.03. The van der Waals surface area contributed by atoms with Gasteiger partial charge in [0, 0.05) is 0 Å². The molecule has 0 spiro atoms. The van der Waals surface area contributed by atoms with Crippen LogP contribution in [-0.2, 0) is 0 Å². The van der Waals surface area contributed by atoms with Gasteiger partial charge in [0.25, 0.3) is 0 Å². The molecular weight excluding hydrogens is 146 g/mol. The van der Waals surface area contributed by atoms with Gasteiger partial charge >= 0.3 is 0 Å². The van der Waals surface area contributed by atoms with Crippen molar-refractivity contribution >= 4 is 11.3 Å². The zero-order valence-electron chi connectivity index (χ0n) is 5.07. The Morgan fingerprint density at radius 3 is 3.20 bits per heavy atom. The second-order valence-corrected chi connectivity index (χ2v) is 2.63. The minimum atomic E-state index is 0.918. The van der Waals surface area contributed by atoms with E-state index in [9.17, 15) is 0 Å². The second kappa shape index (κ2) is 2.27. The highest BCUT2D eigenvalue weighted by Crippen LogP contribution is 2.19. The van der Waals surface area contributed by atoms with Gasteiger partial charge in [-0.3, -0.25) is 0 Å². The van der Waals surface area contributed by atoms with E-state index in [1.54, 1.807) is 17.6 Å². The van der Waals surface area contributed by atoms with Gasteiger partial charge in [-0.1, -0.05) is 5.16 Å². The van der Waals surface area contributed by atoms with Crippen molar-refractivity contribution in [2.75, 3.05) is 0 Å². The molecule has 0 saturated heterocycles. The van der Waals surface area contributed by atoms with E-state index in [4.69, 9.17) is 0 Å². The average molecular weight is 150 g/mol. The summed E-state index contributed by atoms with van der Waals surface area (Å²) < 4.78 is 4.64. The third-order valence-electron chi connectivity index (χ3n) is 1.22. The van der Waals surface area contributed by atoms with Crippen LogP contribution in [0.3, 0.4) is 0 Å². The Morgan fingerprint density at radius 2 is 2.60 bits per heavy atom. The van der Waals surface area contributed by atoms with Gasteiger partial charge < -0.3 is 4.52 Å². The molecule has 2 rings (SSSR count). The molecule has 2 aromatic heterocycles. The zero-order valence-corrected chi connectivity index (χ0v) is 5.89. The van der Waals surface area contributed by atoms with Gasteiger partial charge in [-0.25, -0.2) is 0 Å². The van der Waals surface area contributed by atoms with Crippen LogP contribution < -0.4 is 0 Å². The standard InChI is InChI=1S/C7H4NOS/c1-2-10-5-6(1)7-3-8-9-4-7/h1-2,4-5H. The Bertz CT molecular complexity index is 253. The summed E-state index contributed by atoms with van der Waals surface area (Å²) in [6, 6.07) is 2.01. The molecular formula is C7H4NOS. The predicted molar refractivity (Wildman–Crippen MR) is 38.7 cm³/mol. The van der Waals surface area contributed by atoms with E-state index < -0.39 is 0 Å². The molecule has 0 amide bonds. The number of hydrogen-bond donors (Lipinski definition) is 0. The largest absolute Gasteiger partial charge is 0.363 e. The molecule has 0 aliphatic carbocycles. The van der Waals surface area contributed by atoms with E-state index >= 15 is 0 Å². The third-order valence-corrected chi connectivity index (χ3v) is 1.90. The van der Waals surface area contributed by atoms with E-state index in [0.29, 0.717) is 0 Å². The van der Waals surface area contributed by atoms with Gasteiger partial charge in [-0.15, -0.1) is 0 Å². The molecule has 0 aliphatic heterocycles. The molecule has 10 heavy (non-hydrogen) atoms. The van der Waals surface area contributed by atoms with Gasteiger partial charge in [0.15, 0.2) is 0 Å². The van der Waals surface area contributed by atoms with Crippen LogP contribution in [0, 0.1) is 6.20 Å². The summed E-state index contributed by atoms with van der Waals surface area (Å²) in [6.07, 6.45) is 4.31.